The van der Waals surface area contributed by atoms with Gasteiger partial charge in [0.05, 0.1) is 5.69 Å². The molecule has 0 heterocycles. The fraction of sp³-hybridized carbons (Fsp3) is 0.538. The lowest BCUT2D eigenvalue weighted by Gasteiger charge is -2.30. The van der Waals surface area contributed by atoms with E-state index < -0.39 is 0 Å². The third kappa shape index (κ3) is 2.53. The van der Waals surface area contributed by atoms with E-state index in [1.54, 1.807) is 6.07 Å². The van der Waals surface area contributed by atoms with Crippen LogP contribution in [0.15, 0.2) is 18.2 Å². The van der Waals surface area contributed by atoms with Crippen molar-refractivity contribution in [3.05, 3.63) is 29.6 Å². The largest absolute Gasteiger partial charge is 0.369 e. The Bertz CT molecular complexity index is 335. The molecular formula is C13H21FN2. The van der Waals surface area contributed by atoms with Crippen LogP contribution >= 0.6 is 0 Å². The molecule has 0 saturated carbocycles. The van der Waals surface area contributed by atoms with E-state index >= 15 is 0 Å². The van der Waals surface area contributed by atoms with Crippen molar-refractivity contribution in [2.75, 3.05) is 11.9 Å². The lowest BCUT2D eigenvalue weighted by Crippen LogP contribution is -2.32. The van der Waals surface area contributed by atoms with Crippen LogP contribution in [-0.4, -0.2) is 13.1 Å². The maximum absolute atomic E-state index is 13.8. The standard InChI is InChI=1S/C13H21FN2/c1-4-11(5-2)16(3)13-10(9-15)7-6-8-12(13)14/h6-8,11H,4-5,9,15H2,1-3H3. The van der Waals surface area contributed by atoms with Crippen LogP contribution in [0.3, 0.4) is 0 Å². The van der Waals surface area contributed by atoms with Gasteiger partial charge in [0.2, 0.25) is 0 Å². The number of rotatable bonds is 5. The van der Waals surface area contributed by atoms with Crippen LogP contribution in [0.5, 0.6) is 0 Å². The van der Waals surface area contributed by atoms with Gasteiger partial charge in [-0.3, -0.25) is 0 Å². The van der Waals surface area contributed by atoms with Gasteiger partial charge in [0.1, 0.15) is 5.82 Å². The van der Waals surface area contributed by atoms with Crippen molar-refractivity contribution in [2.24, 2.45) is 5.73 Å². The molecule has 0 amide bonds. The minimum Gasteiger partial charge on any atom is -0.369 e. The number of anilines is 1. The summed E-state index contributed by atoms with van der Waals surface area (Å²) in [7, 11) is 1.94. The maximum Gasteiger partial charge on any atom is 0.146 e. The quantitative estimate of drug-likeness (QED) is 0.833. The fourth-order valence-electron chi connectivity index (χ4n) is 2.14. The van der Waals surface area contributed by atoms with Crippen molar-refractivity contribution < 1.29 is 4.39 Å². The summed E-state index contributed by atoms with van der Waals surface area (Å²) in [5, 5.41) is 0. The molecule has 0 aromatic heterocycles. The van der Waals surface area contributed by atoms with Crippen LogP contribution in [0.4, 0.5) is 10.1 Å². The van der Waals surface area contributed by atoms with Gasteiger partial charge in [-0.1, -0.05) is 26.0 Å². The summed E-state index contributed by atoms with van der Waals surface area (Å²) >= 11 is 0. The highest BCUT2D eigenvalue weighted by atomic mass is 19.1. The molecule has 0 aliphatic carbocycles. The van der Waals surface area contributed by atoms with E-state index in [4.69, 9.17) is 5.73 Å². The van der Waals surface area contributed by atoms with Gasteiger partial charge < -0.3 is 10.6 Å². The van der Waals surface area contributed by atoms with Crippen LogP contribution in [0.1, 0.15) is 32.3 Å². The smallest absolute Gasteiger partial charge is 0.146 e. The number of hydrogen-bond acceptors (Lipinski definition) is 2. The summed E-state index contributed by atoms with van der Waals surface area (Å²) in [6, 6.07) is 5.45. The molecule has 0 aliphatic heterocycles. The van der Waals surface area contributed by atoms with Crippen molar-refractivity contribution >= 4 is 5.69 Å². The first-order chi connectivity index (χ1) is 7.65. The second-order valence-corrected chi connectivity index (χ2v) is 4.03. The van der Waals surface area contributed by atoms with E-state index in [1.165, 1.54) is 6.07 Å². The summed E-state index contributed by atoms with van der Waals surface area (Å²) in [5.74, 6) is -0.183. The molecular weight excluding hydrogens is 203 g/mol. The van der Waals surface area contributed by atoms with Crippen LogP contribution in [-0.2, 0) is 6.54 Å². The maximum atomic E-state index is 13.8. The monoisotopic (exact) mass is 224 g/mol. The summed E-state index contributed by atoms with van der Waals surface area (Å²) in [6.07, 6.45) is 2.01. The average molecular weight is 224 g/mol. The molecule has 90 valence electrons. The molecule has 2 nitrogen and oxygen atoms in total. The van der Waals surface area contributed by atoms with Crippen molar-refractivity contribution in [1.29, 1.82) is 0 Å². The SMILES string of the molecule is CCC(CC)N(C)c1c(F)cccc1CN. The highest BCUT2D eigenvalue weighted by molar-refractivity contribution is 5.55. The second kappa shape index (κ2) is 5.85. The average Bonchev–Trinajstić information content (AvgIpc) is 2.29. The Balaban J connectivity index is 3.10. The molecule has 0 saturated heterocycles. The number of benzene rings is 1. The normalized spacial score (nSPS) is 10.9. The minimum atomic E-state index is -0.183. The van der Waals surface area contributed by atoms with Gasteiger partial charge in [-0.15, -0.1) is 0 Å². The van der Waals surface area contributed by atoms with Gasteiger partial charge in [-0.25, -0.2) is 4.39 Å². The van der Waals surface area contributed by atoms with Crippen molar-refractivity contribution in [3.8, 4) is 0 Å². The Morgan fingerprint density at radius 1 is 1.31 bits per heavy atom. The number of para-hydroxylation sites is 1. The molecule has 1 aromatic carbocycles. The van der Waals surface area contributed by atoms with E-state index in [0.717, 1.165) is 18.4 Å². The molecule has 0 fully saturated rings. The summed E-state index contributed by atoms with van der Waals surface area (Å²) < 4.78 is 13.8. The first kappa shape index (κ1) is 13.0. The molecule has 16 heavy (non-hydrogen) atoms. The zero-order chi connectivity index (χ0) is 12.1. The zero-order valence-corrected chi connectivity index (χ0v) is 10.3. The van der Waals surface area contributed by atoms with Gasteiger partial charge in [0.15, 0.2) is 0 Å². The van der Waals surface area contributed by atoms with Crippen molar-refractivity contribution in [3.63, 3.8) is 0 Å². The predicted molar refractivity (Wildman–Crippen MR) is 67.1 cm³/mol. The zero-order valence-electron chi connectivity index (χ0n) is 10.3. The van der Waals surface area contributed by atoms with Gasteiger partial charge in [0.25, 0.3) is 0 Å². The van der Waals surface area contributed by atoms with Gasteiger partial charge >= 0.3 is 0 Å². The van der Waals surface area contributed by atoms with Gasteiger partial charge in [-0.05, 0) is 24.5 Å². The third-order valence-electron chi connectivity index (χ3n) is 3.13. The summed E-state index contributed by atoms with van der Waals surface area (Å²) in [5.41, 5.74) is 7.17. The van der Waals surface area contributed by atoms with E-state index in [-0.39, 0.29) is 5.82 Å². The topological polar surface area (TPSA) is 29.3 Å². The first-order valence-electron chi connectivity index (χ1n) is 5.85. The highest BCUT2D eigenvalue weighted by Crippen LogP contribution is 2.26. The molecule has 2 N–H and O–H groups in total. The van der Waals surface area contributed by atoms with Crippen LogP contribution in [0, 0.1) is 5.82 Å². The molecule has 0 spiro atoms. The van der Waals surface area contributed by atoms with E-state index in [1.807, 2.05) is 18.0 Å². The van der Waals surface area contributed by atoms with Gasteiger partial charge in [-0.2, -0.15) is 0 Å². The third-order valence-corrected chi connectivity index (χ3v) is 3.13. The Kier molecular flexibility index (Phi) is 4.74. The van der Waals surface area contributed by atoms with E-state index in [2.05, 4.69) is 13.8 Å². The number of halogens is 1. The van der Waals surface area contributed by atoms with Gasteiger partial charge in [0, 0.05) is 19.6 Å². The molecule has 3 heteroatoms. The summed E-state index contributed by atoms with van der Waals surface area (Å²) in [6.45, 7) is 4.61. The Hall–Kier alpha value is -1.09. The highest BCUT2D eigenvalue weighted by Gasteiger charge is 2.17. The second-order valence-electron chi connectivity index (χ2n) is 4.03. The molecule has 0 atom stereocenters. The van der Waals surface area contributed by atoms with Crippen LogP contribution in [0.2, 0.25) is 0 Å². The van der Waals surface area contributed by atoms with E-state index in [0.29, 0.717) is 18.3 Å². The molecule has 1 rings (SSSR count). The van der Waals surface area contributed by atoms with Crippen LogP contribution < -0.4 is 10.6 Å². The molecule has 0 unspecified atom stereocenters. The molecule has 1 aromatic rings. The fourth-order valence-corrected chi connectivity index (χ4v) is 2.14. The van der Waals surface area contributed by atoms with Crippen molar-refractivity contribution in [2.45, 2.75) is 39.3 Å². The Labute approximate surface area is 97.3 Å². The molecule has 0 aliphatic rings. The summed E-state index contributed by atoms with van der Waals surface area (Å²) in [4.78, 5) is 2.01. The lowest BCUT2D eigenvalue weighted by molar-refractivity contribution is 0.563. The van der Waals surface area contributed by atoms with Crippen molar-refractivity contribution in [1.82, 2.24) is 0 Å². The first-order valence-corrected chi connectivity index (χ1v) is 5.85. The number of nitrogens with zero attached hydrogens (tertiary/aromatic N) is 1. The lowest BCUT2D eigenvalue weighted by atomic mass is 10.1. The number of hydrogen-bond donors (Lipinski definition) is 1. The Morgan fingerprint density at radius 2 is 1.94 bits per heavy atom. The minimum absolute atomic E-state index is 0.183. The molecule has 0 radical (unpaired) electrons. The Morgan fingerprint density at radius 3 is 2.44 bits per heavy atom. The predicted octanol–water partition coefficient (Wildman–Crippen LogP) is 2.91. The van der Waals surface area contributed by atoms with Crippen LogP contribution in [0.25, 0.3) is 0 Å². The number of nitrogens with two attached hydrogens (primary N) is 1. The molecule has 0 bridgehead atoms. The van der Waals surface area contributed by atoms with E-state index in [9.17, 15) is 4.39 Å².